The number of benzene rings is 3. The third-order valence-corrected chi connectivity index (χ3v) is 4.97. The maximum absolute atomic E-state index is 4.94. The number of aromatic amines is 1. The summed E-state index contributed by atoms with van der Waals surface area (Å²) in [5.74, 6) is 0. The van der Waals surface area contributed by atoms with Crippen LogP contribution in [0.2, 0.25) is 0 Å². The number of aryl methyl sites for hydroxylation is 1. The number of imidazole rings is 1. The predicted octanol–water partition coefficient (Wildman–Crippen LogP) is 4.62. The summed E-state index contributed by atoms with van der Waals surface area (Å²) in [6.45, 7) is 2.15. The molecule has 3 aromatic carbocycles. The van der Waals surface area contributed by atoms with Gasteiger partial charge in [-0.25, -0.2) is 15.0 Å². The molecule has 0 spiro atoms. The molecule has 1 N–H and O–H groups in total. The van der Waals surface area contributed by atoms with Gasteiger partial charge in [-0.3, -0.25) is 0 Å². The van der Waals surface area contributed by atoms with Crippen LogP contribution in [0.1, 0.15) is 5.56 Å². The van der Waals surface area contributed by atoms with E-state index in [2.05, 4.69) is 47.2 Å². The third-order valence-electron chi connectivity index (χ3n) is 4.97. The van der Waals surface area contributed by atoms with Crippen molar-refractivity contribution in [2.45, 2.75) is 6.92 Å². The lowest BCUT2D eigenvalue weighted by Gasteiger charge is -2.04. The van der Waals surface area contributed by atoms with Crippen LogP contribution in [0, 0.1) is 6.92 Å². The highest BCUT2D eigenvalue weighted by atomic mass is 14.9. The van der Waals surface area contributed by atoms with Gasteiger partial charge in [-0.05, 0) is 30.0 Å². The van der Waals surface area contributed by atoms with Crippen molar-refractivity contribution >= 4 is 32.8 Å². The number of fused-ring (bicyclic) bond motifs is 5. The fourth-order valence-electron chi connectivity index (χ4n) is 3.81. The smallest absolute Gasteiger partial charge is 0.0979 e. The molecule has 0 saturated carbocycles. The number of nitrogens with zero attached hydrogens (tertiary/aromatic N) is 3. The molecule has 112 valence electrons. The maximum atomic E-state index is 4.94. The van der Waals surface area contributed by atoms with E-state index in [1.165, 1.54) is 27.5 Å². The molecular formula is C20H12N4. The van der Waals surface area contributed by atoms with Crippen molar-refractivity contribution in [2.75, 3.05) is 0 Å². The standard InChI is InChI=1S/C20H12N4/c1-10-5-6-13-18-11(10)3-2-4-12(18)19-20(13)24-17-8-15-14(21-9-22-15)7-16(17)23-19/h2-9H,1H3,(H,21,22). The second-order valence-electron chi connectivity index (χ2n) is 6.34. The Hall–Kier alpha value is -3.27. The molecule has 6 rings (SSSR count). The zero-order valence-electron chi connectivity index (χ0n) is 13.0. The van der Waals surface area contributed by atoms with Gasteiger partial charge in [-0.2, -0.15) is 0 Å². The first-order valence-corrected chi connectivity index (χ1v) is 7.97. The van der Waals surface area contributed by atoms with E-state index in [1.807, 2.05) is 12.1 Å². The van der Waals surface area contributed by atoms with E-state index < -0.39 is 0 Å². The van der Waals surface area contributed by atoms with Gasteiger partial charge in [0.15, 0.2) is 0 Å². The summed E-state index contributed by atoms with van der Waals surface area (Å²) in [5, 5.41) is 2.55. The van der Waals surface area contributed by atoms with Crippen LogP contribution >= 0.6 is 0 Å². The maximum Gasteiger partial charge on any atom is 0.0979 e. The molecule has 0 fully saturated rings. The van der Waals surface area contributed by atoms with Crippen LogP contribution in [0.3, 0.4) is 0 Å². The summed E-state index contributed by atoms with van der Waals surface area (Å²) in [6, 6.07) is 14.8. The fourth-order valence-corrected chi connectivity index (χ4v) is 3.81. The molecule has 0 amide bonds. The number of rotatable bonds is 0. The van der Waals surface area contributed by atoms with Crippen molar-refractivity contribution in [2.24, 2.45) is 0 Å². The van der Waals surface area contributed by atoms with Crippen molar-refractivity contribution in [1.82, 2.24) is 19.9 Å². The van der Waals surface area contributed by atoms with Crippen LogP contribution in [0.25, 0.3) is 55.4 Å². The zero-order valence-corrected chi connectivity index (χ0v) is 13.0. The van der Waals surface area contributed by atoms with Crippen LogP contribution in [-0.4, -0.2) is 19.9 Å². The van der Waals surface area contributed by atoms with Gasteiger partial charge < -0.3 is 4.98 Å². The molecule has 0 bridgehead atoms. The molecule has 4 heteroatoms. The van der Waals surface area contributed by atoms with Gasteiger partial charge in [0.25, 0.3) is 0 Å². The number of hydrogen-bond acceptors (Lipinski definition) is 3. The quantitative estimate of drug-likeness (QED) is 0.445. The average Bonchev–Trinajstić information content (AvgIpc) is 3.17. The summed E-state index contributed by atoms with van der Waals surface area (Å²) in [4.78, 5) is 17.4. The van der Waals surface area contributed by atoms with E-state index >= 15 is 0 Å². The Morgan fingerprint density at radius 3 is 2.50 bits per heavy atom. The molecular weight excluding hydrogens is 296 g/mol. The average molecular weight is 308 g/mol. The highest BCUT2D eigenvalue weighted by Crippen LogP contribution is 2.46. The molecule has 2 aromatic heterocycles. The lowest BCUT2D eigenvalue weighted by molar-refractivity contribution is 1.32. The number of aromatic nitrogens is 4. The Balaban J connectivity index is 1.80. The van der Waals surface area contributed by atoms with Crippen LogP contribution < -0.4 is 0 Å². The lowest BCUT2D eigenvalue weighted by atomic mass is 10.0. The highest BCUT2D eigenvalue weighted by Gasteiger charge is 2.25. The number of H-pyrrole nitrogens is 1. The second-order valence-corrected chi connectivity index (χ2v) is 6.34. The van der Waals surface area contributed by atoms with E-state index in [1.54, 1.807) is 6.33 Å². The van der Waals surface area contributed by atoms with Crippen molar-refractivity contribution in [3.05, 3.63) is 54.4 Å². The first kappa shape index (κ1) is 12.2. The first-order valence-electron chi connectivity index (χ1n) is 7.97. The second kappa shape index (κ2) is 3.97. The monoisotopic (exact) mass is 308 g/mol. The molecule has 0 radical (unpaired) electrons. The van der Waals surface area contributed by atoms with E-state index in [0.29, 0.717) is 0 Å². The fraction of sp³-hybridized carbons (Fsp3) is 0.0500. The minimum atomic E-state index is 0.884. The molecule has 0 unspecified atom stereocenters. The van der Waals surface area contributed by atoms with Crippen LogP contribution in [0.4, 0.5) is 0 Å². The summed E-state index contributed by atoms with van der Waals surface area (Å²) in [7, 11) is 0. The molecule has 2 heterocycles. The van der Waals surface area contributed by atoms with E-state index in [0.717, 1.165) is 33.5 Å². The molecule has 1 aliphatic carbocycles. The Bertz CT molecular complexity index is 1250. The summed E-state index contributed by atoms with van der Waals surface area (Å²) in [6.07, 6.45) is 1.70. The Morgan fingerprint density at radius 2 is 1.62 bits per heavy atom. The normalized spacial score (nSPS) is 12.4. The van der Waals surface area contributed by atoms with Gasteiger partial charge in [0.1, 0.15) is 0 Å². The largest absolute Gasteiger partial charge is 0.345 e. The first-order chi connectivity index (χ1) is 11.8. The Morgan fingerprint density at radius 1 is 0.833 bits per heavy atom. The summed E-state index contributed by atoms with van der Waals surface area (Å²) in [5.41, 5.74) is 9.28. The molecule has 24 heavy (non-hydrogen) atoms. The zero-order chi connectivity index (χ0) is 15.8. The van der Waals surface area contributed by atoms with Crippen molar-refractivity contribution < 1.29 is 0 Å². The van der Waals surface area contributed by atoms with Crippen molar-refractivity contribution in [3.8, 4) is 22.5 Å². The molecule has 5 aromatic rings. The lowest BCUT2D eigenvalue weighted by Crippen LogP contribution is -1.90. The van der Waals surface area contributed by atoms with E-state index in [9.17, 15) is 0 Å². The van der Waals surface area contributed by atoms with Gasteiger partial charge >= 0.3 is 0 Å². The number of hydrogen-bond donors (Lipinski definition) is 1. The minimum Gasteiger partial charge on any atom is -0.345 e. The Labute approximate surface area is 137 Å². The van der Waals surface area contributed by atoms with Gasteiger partial charge in [-0.1, -0.05) is 30.3 Å². The van der Waals surface area contributed by atoms with Gasteiger partial charge in [0.2, 0.25) is 0 Å². The van der Waals surface area contributed by atoms with Crippen molar-refractivity contribution in [3.63, 3.8) is 0 Å². The SMILES string of the molecule is Cc1ccc2c3c(cccc13)-c1nc3cc4[nH]cnc4cc3nc1-2. The van der Waals surface area contributed by atoms with Crippen LogP contribution in [-0.2, 0) is 0 Å². The van der Waals surface area contributed by atoms with Crippen LogP contribution in [0.5, 0.6) is 0 Å². The third kappa shape index (κ3) is 1.36. The molecule has 0 aliphatic heterocycles. The molecule has 0 atom stereocenters. The Kier molecular flexibility index (Phi) is 2.02. The van der Waals surface area contributed by atoms with Crippen molar-refractivity contribution in [1.29, 1.82) is 0 Å². The topological polar surface area (TPSA) is 54.5 Å². The van der Waals surface area contributed by atoms with Gasteiger partial charge in [0.05, 0.1) is 39.8 Å². The van der Waals surface area contributed by atoms with E-state index in [4.69, 9.17) is 9.97 Å². The highest BCUT2D eigenvalue weighted by molar-refractivity contribution is 6.15. The summed E-state index contributed by atoms with van der Waals surface area (Å²) >= 11 is 0. The molecule has 1 aliphatic rings. The van der Waals surface area contributed by atoms with Gasteiger partial charge in [-0.15, -0.1) is 0 Å². The van der Waals surface area contributed by atoms with Crippen LogP contribution in [0.15, 0.2) is 48.8 Å². The van der Waals surface area contributed by atoms with Gasteiger partial charge in [0, 0.05) is 16.5 Å². The van der Waals surface area contributed by atoms with E-state index in [-0.39, 0.29) is 0 Å². The molecule has 0 saturated heterocycles. The summed E-state index contributed by atoms with van der Waals surface area (Å²) < 4.78 is 0. The number of nitrogens with one attached hydrogen (secondary N) is 1. The predicted molar refractivity (Wildman–Crippen MR) is 95.9 cm³/mol. The molecule has 4 nitrogen and oxygen atoms in total. The minimum absolute atomic E-state index is 0.884.